The Morgan fingerprint density at radius 1 is 0.672 bits per heavy atom. The Kier molecular flexibility index (Phi) is 11.4. The quantitative estimate of drug-likeness (QED) is 0.234. The molecule has 0 unspecified atom stereocenters. The molecule has 3 aromatic rings. The molecule has 0 bridgehead atoms. The molecule has 4 aliphatic carbocycles. The molecule has 2 spiro atoms. The first-order valence-corrected chi connectivity index (χ1v) is 22.4. The van der Waals surface area contributed by atoms with E-state index in [1.165, 1.54) is 49.7 Å². The number of carbonyl (C=O) groups excluding carboxylic acids is 2. The van der Waals surface area contributed by atoms with E-state index in [1.54, 1.807) is 0 Å². The van der Waals surface area contributed by atoms with Gasteiger partial charge in [0.15, 0.2) is 0 Å². The van der Waals surface area contributed by atoms with Gasteiger partial charge in [-0.05, 0) is 154 Å². The highest BCUT2D eigenvalue weighted by Gasteiger charge is 2.56. The van der Waals surface area contributed by atoms with E-state index in [4.69, 9.17) is 0 Å². The van der Waals surface area contributed by atoms with E-state index in [-0.39, 0.29) is 34.2 Å². The van der Waals surface area contributed by atoms with E-state index < -0.39 is 0 Å². The number of benzene rings is 2. The molecule has 3 heterocycles. The average Bonchev–Trinajstić information content (AvgIpc) is 3.63. The number of hydrogen-bond acceptors (Lipinski definition) is 5. The maximum absolute atomic E-state index is 13.9. The van der Waals surface area contributed by atoms with Crippen molar-refractivity contribution >= 4 is 17.7 Å². The van der Waals surface area contributed by atoms with Gasteiger partial charge in [0.05, 0.1) is 29.5 Å². The maximum Gasteiger partial charge on any atom is 0.325 e. The molecule has 6 fully saturated rings. The summed E-state index contributed by atoms with van der Waals surface area (Å²) in [7, 11) is 8.83. The Bertz CT molecular complexity index is 1890. The smallest absolute Gasteiger partial charge is 0.325 e. The van der Waals surface area contributed by atoms with Gasteiger partial charge in [-0.2, -0.15) is 0 Å². The SMILES string of the molecule is CN(C)C1(c2ccccc2)CCC2(CC1)CNC(=O)N2CC1CCC1.Cc1cc(C)c(N2CC3(CCC(c4ccccc4)(N(C)C)CC3)N(CC3CCC3)C2=O)cn1. The average molecular weight is 788 g/mol. The third-order valence-electron chi connectivity index (χ3n) is 16.1. The van der Waals surface area contributed by atoms with Crippen molar-refractivity contribution in [3.8, 4) is 0 Å². The first-order chi connectivity index (χ1) is 27.9. The van der Waals surface area contributed by atoms with Gasteiger partial charge in [-0.3, -0.25) is 19.7 Å². The second-order valence-corrected chi connectivity index (χ2v) is 19.5. The number of pyridine rings is 1. The summed E-state index contributed by atoms with van der Waals surface area (Å²) in [4.78, 5) is 42.2. The Morgan fingerprint density at radius 2 is 1.16 bits per heavy atom. The van der Waals surface area contributed by atoms with E-state index in [9.17, 15) is 9.59 Å². The summed E-state index contributed by atoms with van der Waals surface area (Å²) < 4.78 is 0. The molecule has 0 radical (unpaired) electrons. The molecule has 9 heteroatoms. The molecule has 312 valence electrons. The number of hydrogen-bond donors (Lipinski definition) is 1. The number of aryl methyl sites for hydroxylation is 2. The summed E-state index contributed by atoms with van der Waals surface area (Å²) in [5, 5.41) is 3.15. The van der Waals surface area contributed by atoms with Crippen molar-refractivity contribution < 1.29 is 9.59 Å². The van der Waals surface area contributed by atoms with Crippen molar-refractivity contribution in [1.29, 1.82) is 0 Å². The van der Waals surface area contributed by atoms with Crippen LogP contribution < -0.4 is 10.2 Å². The van der Waals surface area contributed by atoms with Crippen LogP contribution in [0.5, 0.6) is 0 Å². The third kappa shape index (κ3) is 7.33. The number of aromatic nitrogens is 1. The zero-order valence-corrected chi connectivity index (χ0v) is 36.3. The second kappa shape index (κ2) is 16.2. The van der Waals surface area contributed by atoms with Crippen LogP contribution in [0.25, 0.3) is 0 Å². The summed E-state index contributed by atoms with van der Waals surface area (Å²) >= 11 is 0. The van der Waals surface area contributed by atoms with Gasteiger partial charge in [-0.15, -0.1) is 0 Å². The first kappa shape index (κ1) is 40.8. The predicted octanol–water partition coefficient (Wildman–Crippen LogP) is 9.09. The molecule has 58 heavy (non-hydrogen) atoms. The molecule has 1 N–H and O–H groups in total. The van der Waals surface area contributed by atoms with E-state index >= 15 is 0 Å². The molecule has 2 saturated heterocycles. The van der Waals surface area contributed by atoms with Crippen LogP contribution >= 0.6 is 0 Å². The highest BCUT2D eigenvalue weighted by molar-refractivity contribution is 5.96. The number of rotatable bonds is 9. The fourth-order valence-electron chi connectivity index (χ4n) is 11.6. The van der Waals surface area contributed by atoms with Crippen LogP contribution in [0.15, 0.2) is 72.9 Å². The summed E-state index contributed by atoms with van der Waals surface area (Å²) in [6.07, 6.45) is 18.3. The fraction of sp³-hybridized carbons (Fsp3) is 0.612. The van der Waals surface area contributed by atoms with Crippen LogP contribution in [0, 0.1) is 25.7 Å². The van der Waals surface area contributed by atoms with Gasteiger partial charge in [0.25, 0.3) is 0 Å². The van der Waals surface area contributed by atoms with Crippen molar-refractivity contribution in [2.45, 2.75) is 126 Å². The number of amides is 4. The van der Waals surface area contributed by atoms with Gasteiger partial charge in [-0.25, -0.2) is 9.59 Å². The lowest BCUT2D eigenvalue weighted by Crippen LogP contribution is -2.56. The van der Waals surface area contributed by atoms with Crippen LogP contribution in [-0.2, 0) is 11.1 Å². The van der Waals surface area contributed by atoms with Gasteiger partial charge in [0.1, 0.15) is 0 Å². The van der Waals surface area contributed by atoms with Crippen molar-refractivity contribution in [3.05, 3.63) is 95.3 Å². The van der Waals surface area contributed by atoms with Crippen LogP contribution in [0.2, 0.25) is 0 Å². The summed E-state index contributed by atoms with van der Waals surface area (Å²) in [6, 6.07) is 24.3. The Morgan fingerprint density at radius 3 is 1.60 bits per heavy atom. The minimum absolute atomic E-state index is 0.0342. The van der Waals surface area contributed by atoms with Crippen LogP contribution in [0.1, 0.15) is 112 Å². The van der Waals surface area contributed by atoms with Gasteiger partial charge in [0.2, 0.25) is 0 Å². The number of nitrogens with one attached hydrogen (secondary N) is 1. The standard InChI is InChI=1S/C28H38N4O.C21H31N3O/c1-21-17-22(2)29-18-25(21)31-20-27(32(26(31)33)19-23-9-8-10-23)13-15-28(16-14-27,30(3)4)24-11-6-5-7-12-24;1-23(2)21(18-9-4-3-5-10-18)13-11-20(12-14-21)16-22-19(25)24(20)15-17-7-6-8-17/h5-7,11-12,17-18,23H,8-10,13-16,19-20H2,1-4H3;3-5,9-10,17H,6-8,11-16H2,1-2H3,(H,22,25). The van der Waals surface area contributed by atoms with E-state index in [2.05, 4.69) is 132 Å². The van der Waals surface area contributed by atoms with Crippen molar-refractivity contribution in [2.75, 3.05) is 59.3 Å². The molecule has 9 nitrogen and oxygen atoms in total. The van der Waals surface area contributed by atoms with Gasteiger partial charge in [0, 0.05) is 36.4 Å². The van der Waals surface area contributed by atoms with E-state index in [0.717, 1.165) is 100 Å². The van der Waals surface area contributed by atoms with Gasteiger partial charge < -0.3 is 15.1 Å². The molecule has 1 aromatic heterocycles. The summed E-state index contributed by atoms with van der Waals surface area (Å²) in [6.45, 7) is 7.60. The number of carbonyl (C=O) groups is 2. The Hall–Kier alpha value is -3.95. The van der Waals surface area contributed by atoms with Gasteiger partial charge in [-0.1, -0.05) is 73.5 Å². The zero-order chi connectivity index (χ0) is 40.7. The molecule has 6 aliphatic rings. The molecule has 4 amide bonds. The fourth-order valence-corrected chi connectivity index (χ4v) is 11.6. The van der Waals surface area contributed by atoms with Crippen molar-refractivity contribution in [3.63, 3.8) is 0 Å². The minimum Gasteiger partial charge on any atom is -0.336 e. The molecule has 0 atom stereocenters. The lowest BCUT2D eigenvalue weighted by atomic mass is 9.68. The lowest BCUT2D eigenvalue weighted by Gasteiger charge is -2.51. The predicted molar refractivity (Wildman–Crippen MR) is 234 cm³/mol. The largest absolute Gasteiger partial charge is 0.336 e. The molecule has 9 rings (SSSR count). The van der Waals surface area contributed by atoms with Crippen LogP contribution in [0.4, 0.5) is 15.3 Å². The Balaban J connectivity index is 0.000000168. The third-order valence-corrected chi connectivity index (χ3v) is 16.1. The minimum atomic E-state index is -0.0850. The second-order valence-electron chi connectivity index (χ2n) is 19.5. The lowest BCUT2D eigenvalue weighted by molar-refractivity contribution is 0.0170. The van der Waals surface area contributed by atoms with E-state index in [0.29, 0.717) is 5.92 Å². The normalized spacial score (nSPS) is 30.2. The van der Waals surface area contributed by atoms with Gasteiger partial charge >= 0.3 is 12.1 Å². The molecular weight excluding hydrogens is 719 g/mol. The van der Waals surface area contributed by atoms with E-state index in [1.807, 2.05) is 18.0 Å². The monoisotopic (exact) mass is 788 g/mol. The van der Waals surface area contributed by atoms with Crippen molar-refractivity contribution in [2.24, 2.45) is 11.8 Å². The molecule has 2 aliphatic heterocycles. The van der Waals surface area contributed by atoms with Crippen molar-refractivity contribution in [1.82, 2.24) is 29.9 Å². The summed E-state index contributed by atoms with van der Waals surface area (Å²) in [5.74, 6) is 1.40. The number of urea groups is 2. The van der Waals surface area contributed by atoms with Crippen LogP contribution in [0.3, 0.4) is 0 Å². The zero-order valence-electron chi connectivity index (χ0n) is 36.3. The molecule has 4 saturated carbocycles. The van der Waals surface area contributed by atoms with Crippen LogP contribution in [-0.4, -0.2) is 102 Å². The molecular formula is C49H69N7O2. The molecule has 2 aromatic carbocycles. The first-order valence-electron chi connectivity index (χ1n) is 22.4. The summed E-state index contributed by atoms with van der Waals surface area (Å²) in [5.41, 5.74) is 6.02. The number of anilines is 1. The maximum atomic E-state index is 13.9. The number of nitrogens with zero attached hydrogens (tertiary/aromatic N) is 6. The topological polar surface area (TPSA) is 75.3 Å². The Labute approximate surface area is 348 Å². The highest BCUT2D eigenvalue weighted by atomic mass is 16.2. The highest BCUT2D eigenvalue weighted by Crippen LogP contribution is 2.51.